The molecule has 0 saturated carbocycles. The van der Waals surface area contributed by atoms with Crippen LogP contribution < -0.4 is 10.2 Å². The van der Waals surface area contributed by atoms with Gasteiger partial charge in [-0.2, -0.15) is 0 Å². The van der Waals surface area contributed by atoms with Crippen LogP contribution >= 0.6 is 0 Å². The summed E-state index contributed by atoms with van der Waals surface area (Å²) in [6.07, 6.45) is 1.53. The number of hydrogen-bond acceptors (Lipinski definition) is 4. The Morgan fingerprint density at radius 2 is 2.05 bits per heavy atom. The number of benzene rings is 1. The van der Waals surface area contributed by atoms with Crippen LogP contribution in [-0.4, -0.2) is 17.5 Å². The fourth-order valence-corrected chi connectivity index (χ4v) is 1.56. The Kier molecular flexibility index (Phi) is 5.08. The predicted octanol–water partition coefficient (Wildman–Crippen LogP) is 2.34. The Morgan fingerprint density at radius 1 is 1.25 bits per heavy atom. The molecule has 0 aliphatic rings. The van der Waals surface area contributed by atoms with E-state index in [0.29, 0.717) is 24.7 Å². The smallest absolute Gasteiger partial charge is 0.275 e. The number of aromatic nitrogens is 1. The van der Waals surface area contributed by atoms with Gasteiger partial charge in [0.05, 0.1) is 6.61 Å². The van der Waals surface area contributed by atoms with E-state index in [9.17, 15) is 4.79 Å². The minimum absolute atomic E-state index is 0.321. The summed E-state index contributed by atoms with van der Waals surface area (Å²) in [4.78, 5) is 20.6. The SMILES string of the molecule is CCONC(=O)c1ccnc(OCc2ccccc2)c1. The molecule has 1 N–H and O–H groups in total. The highest BCUT2D eigenvalue weighted by Gasteiger charge is 2.07. The van der Waals surface area contributed by atoms with Crippen molar-refractivity contribution in [2.45, 2.75) is 13.5 Å². The highest BCUT2D eigenvalue weighted by atomic mass is 16.6. The van der Waals surface area contributed by atoms with E-state index in [1.165, 1.54) is 6.20 Å². The Hall–Kier alpha value is -2.40. The van der Waals surface area contributed by atoms with E-state index in [2.05, 4.69) is 10.5 Å². The van der Waals surface area contributed by atoms with Gasteiger partial charge in [0, 0.05) is 17.8 Å². The largest absolute Gasteiger partial charge is 0.473 e. The van der Waals surface area contributed by atoms with Crippen molar-refractivity contribution in [1.82, 2.24) is 10.5 Å². The van der Waals surface area contributed by atoms with Crippen LogP contribution in [0.2, 0.25) is 0 Å². The van der Waals surface area contributed by atoms with E-state index in [4.69, 9.17) is 9.57 Å². The van der Waals surface area contributed by atoms with Crippen LogP contribution in [0.1, 0.15) is 22.8 Å². The normalized spacial score (nSPS) is 10.1. The Balaban J connectivity index is 1.97. The summed E-state index contributed by atoms with van der Waals surface area (Å²) in [5, 5.41) is 0. The van der Waals surface area contributed by atoms with Crippen molar-refractivity contribution >= 4 is 5.91 Å². The predicted molar refractivity (Wildman–Crippen MR) is 74.1 cm³/mol. The third-order valence-electron chi connectivity index (χ3n) is 2.54. The molecule has 1 heterocycles. The van der Waals surface area contributed by atoms with E-state index < -0.39 is 0 Å². The van der Waals surface area contributed by atoms with Crippen molar-refractivity contribution in [3.05, 3.63) is 59.8 Å². The second-order valence-electron chi connectivity index (χ2n) is 4.02. The van der Waals surface area contributed by atoms with Crippen molar-refractivity contribution in [2.75, 3.05) is 6.61 Å². The molecule has 0 fully saturated rings. The average Bonchev–Trinajstić information content (AvgIpc) is 2.52. The molecular weight excluding hydrogens is 256 g/mol. The van der Waals surface area contributed by atoms with Crippen molar-refractivity contribution in [1.29, 1.82) is 0 Å². The van der Waals surface area contributed by atoms with Crippen LogP contribution in [-0.2, 0) is 11.4 Å². The third-order valence-corrected chi connectivity index (χ3v) is 2.54. The zero-order valence-electron chi connectivity index (χ0n) is 11.2. The summed E-state index contributed by atoms with van der Waals surface area (Å²) in [7, 11) is 0. The molecule has 104 valence electrons. The zero-order valence-corrected chi connectivity index (χ0v) is 11.2. The highest BCUT2D eigenvalue weighted by molar-refractivity contribution is 5.93. The summed E-state index contributed by atoms with van der Waals surface area (Å²) >= 11 is 0. The number of ether oxygens (including phenoxy) is 1. The van der Waals surface area contributed by atoms with E-state index in [0.717, 1.165) is 5.56 Å². The van der Waals surface area contributed by atoms with Crippen LogP contribution in [0.15, 0.2) is 48.7 Å². The first-order valence-corrected chi connectivity index (χ1v) is 6.34. The highest BCUT2D eigenvalue weighted by Crippen LogP contribution is 2.11. The minimum atomic E-state index is -0.321. The molecule has 1 aromatic carbocycles. The molecule has 2 rings (SSSR count). The van der Waals surface area contributed by atoms with Gasteiger partial charge in [0.25, 0.3) is 5.91 Å². The maximum Gasteiger partial charge on any atom is 0.275 e. The molecule has 0 bridgehead atoms. The van der Waals surface area contributed by atoms with Gasteiger partial charge in [-0.05, 0) is 18.6 Å². The molecule has 2 aromatic rings. The number of hydrogen-bond donors (Lipinski definition) is 1. The number of nitrogens with zero attached hydrogens (tertiary/aromatic N) is 1. The van der Waals surface area contributed by atoms with Gasteiger partial charge in [-0.25, -0.2) is 10.5 Å². The molecule has 0 aliphatic carbocycles. The lowest BCUT2D eigenvalue weighted by Gasteiger charge is -2.07. The lowest BCUT2D eigenvalue weighted by Crippen LogP contribution is -2.23. The van der Waals surface area contributed by atoms with Crippen LogP contribution in [0.25, 0.3) is 0 Å². The molecule has 0 unspecified atom stereocenters. The van der Waals surface area contributed by atoms with Gasteiger partial charge in [-0.15, -0.1) is 0 Å². The first-order valence-electron chi connectivity index (χ1n) is 6.34. The molecule has 1 amide bonds. The second-order valence-corrected chi connectivity index (χ2v) is 4.02. The lowest BCUT2D eigenvalue weighted by atomic mass is 10.2. The molecule has 0 atom stereocenters. The van der Waals surface area contributed by atoms with Gasteiger partial charge in [0.15, 0.2) is 0 Å². The molecule has 1 aromatic heterocycles. The Labute approximate surface area is 117 Å². The summed E-state index contributed by atoms with van der Waals surface area (Å²) in [5.41, 5.74) is 3.81. The fraction of sp³-hybridized carbons (Fsp3) is 0.200. The van der Waals surface area contributed by atoms with Gasteiger partial charge < -0.3 is 4.74 Å². The molecule has 5 heteroatoms. The third kappa shape index (κ3) is 4.07. The van der Waals surface area contributed by atoms with E-state index in [-0.39, 0.29) is 5.91 Å². The van der Waals surface area contributed by atoms with Crippen LogP contribution in [0.5, 0.6) is 5.88 Å². The molecule has 0 spiro atoms. The van der Waals surface area contributed by atoms with Crippen molar-refractivity contribution in [3.63, 3.8) is 0 Å². The minimum Gasteiger partial charge on any atom is -0.473 e. The summed E-state index contributed by atoms with van der Waals surface area (Å²) < 4.78 is 5.56. The topological polar surface area (TPSA) is 60.5 Å². The second kappa shape index (κ2) is 7.25. The summed E-state index contributed by atoms with van der Waals surface area (Å²) in [6.45, 7) is 2.61. The van der Waals surface area contributed by atoms with Gasteiger partial charge >= 0.3 is 0 Å². The number of carbonyl (C=O) groups is 1. The first-order chi connectivity index (χ1) is 9.79. The van der Waals surface area contributed by atoms with Crippen LogP contribution in [0.4, 0.5) is 0 Å². The Morgan fingerprint density at radius 3 is 2.80 bits per heavy atom. The summed E-state index contributed by atoms with van der Waals surface area (Å²) in [6, 6.07) is 12.9. The van der Waals surface area contributed by atoms with E-state index >= 15 is 0 Å². The lowest BCUT2D eigenvalue weighted by molar-refractivity contribution is 0.0364. The summed E-state index contributed by atoms with van der Waals surface area (Å²) in [5.74, 6) is 0.0804. The van der Waals surface area contributed by atoms with Gasteiger partial charge in [0.1, 0.15) is 6.61 Å². The maximum absolute atomic E-state index is 11.7. The quantitative estimate of drug-likeness (QED) is 0.820. The number of pyridine rings is 1. The van der Waals surface area contributed by atoms with E-state index in [1.54, 1.807) is 19.1 Å². The molecule has 5 nitrogen and oxygen atoms in total. The standard InChI is InChI=1S/C15H16N2O3/c1-2-20-17-15(18)13-8-9-16-14(10-13)19-11-12-6-4-3-5-7-12/h3-10H,2,11H2,1H3,(H,17,18). The van der Waals surface area contributed by atoms with Crippen molar-refractivity contribution in [2.24, 2.45) is 0 Å². The number of hydroxylamine groups is 1. The van der Waals surface area contributed by atoms with Crippen molar-refractivity contribution in [3.8, 4) is 5.88 Å². The average molecular weight is 272 g/mol. The number of rotatable bonds is 6. The van der Waals surface area contributed by atoms with Gasteiger partial charge in [-0.1, -0.05) is 30.3 Å². The Bertz CT molecular complexity index is 558. The molecule has 0 saturated heterocycles. The fourth-order valence-electron chi connectivity index (χ4n) is 1.56. The maximum atomic E-state index is 11.7. The zero-order chi connectivity index (χ0) is 14.2. The molecule has 20 heavy (non-hydrogen) atoms. The molecule has 0 radical (unpaired) electrons. The van der Waals surface area contributed by atoms with Gasteiger partial charge in [-0.3, -0.25) is 9.63 Å². The monoisotopic (exact) mass is 272 g/mol. The molecule has 0 aliphatic heterocycles. The van der Waals surface area contributed by atoms with Crippen LogP contribution in [0.3, 0.4) is 0 Å². The number of nitrogens with one attached hydrogen (secondary N) is 1. The van der Waals surface area contributed by atoms with Gasteiger partial charge in [0.2, 0.25) is 5.88 Å². The first kappa shape index (κ1) is 14.0. The van der Waals surface area contributed by atoms with Crippen molar-refractivity contribution < 1.29 is 14.4 Å². The van der Waals surface area contributed by atoms with Crippen LogP contribution in [0, 0.1) is 0 Å². The van der Waals surface area contributed by atoms with E-state index in [1.807, 2.05) is 30.3 Å². The molecular formula is C15H16N2O3. The number of carbonyl (C=O) groups excluding carboxylic acids is 1. The number of amides is 1.